The van der Waals surface area contributed by atoms with Crippen LogP contribution in [0, 0.1) is 5.82 Å². The van der Waals surface area contributed by atoms with Crippen molar-refractivity contribution in [1.82, 2.24) is 0 Å². The van der Waals surface area contributed by atoms with Gasteiger partial charge < -0.3 is 15.2 Å². The molecule has 0 radical (unpaired) electrons. The number of nitrogens with one attached hydrogen (secondary N) is 1. The molecule has 0 heterocycles. The van der Waals surface area contributed by atoms with Gasteiger partial charge in [0, 0.05) is 6.61 Å². The molecule has 1 rings (SSSR count). The first-order valence-corrected chi connectivity index (χ1v) is 4.95. The normalized spacial score (nSPS) is 10.0. The molecule has 17 heavy (non-hydrogen) atoms. The van der Waals surface area contributed by atoms with Crippen LogP contribution in [-0.2, 0) is 9.53 Å². The van der Waals surface area contributed by atoms with Crippen LogP contribution in [0.15, 0.2) is 18.2 Å². The molecule has 1 amide bonds. The van der Waals surface area contributed by atoms with Gasteiger partial charge in [-0.1, -0.05) is 0 Å². The second kappa shape index (κ2) is 5.95. The lowest BCUT2D eigenvalue weighted by atomic mass is 10.2. The van der Waals surface area contributed by atoms with Crippen molar-refractivity contribution in [1.29, 1.82) is 0 Å². The molecule has 0 aliphatic heterocycles. The van der Waals surface area contributed by atoms with E-state index in [1.807, 2.05) is 0 Å². The van der Waals surface area contributed by atoms with Crippen molar-refractivity contribution < 1.29 is 23.8 Å². The molecule has 0 bridgehead atoms. The molecule has 0 spiro atoms. The predicted molar refractivity (Wildman–Crippen MR) is 58.5 cm³/mol. The van der Waals surface area contributed by atoms with Gasteiger partial charge in [-0.25, -0.2) is 9.18 Å². The van der Waals surface area contributed by atoms with E-state index in [2.05, 4.69) is 5.32 Å². The average Bonchev–Trinajstić information content (AvgIpc) is 2.29. The fraction of sp³-hybridized carbons (Fsp3) is 0.273. The first kappa shape index (κ1) is 13.1. The number of benzene rings is 1. The maximum atomic E-state index is 13.3. The molecule has 5 nitrogen and oxygen atoms in total. The van der Waals surface area contributed by atoms with E-state index >= 15 is 0 Å². The number of halogens is 1. The van der Waals surface area contributed by atoms with Crippen LogP contribution in [0.5, 0.6) is 0 Å². The fourth-order valence-corrected chi connectivity index (χ4v) is 1.14. The van der Waals surface area contributed by atoms with Gasteiger partial charge >= 0.3 is 5.97 Å². The maximum Gasteiger partial charge on any atom is 0.335 e. The summed E-state index contributed by atoms with van der Waals surface area (Å²) < 4.78 is 18.1. The number of rotatable bonds is 5. The van der Waals surface area contributed by atoms with E-state index in [0.717, 1.165) is 18.2 Å². The molecule has 0 aromatic heterocycles. The summed E-state index contributed by atoms with van der Waals surface area (Å²) in [5.74, 6) is -2.42. The molecule has 1 aromatic carbocycles. The summed E-state index contributed by atoms with van der Waals surface area (Å²) in [5, 5.41) is 11.0. The minimum atomic E-state index is -1.19. The second-order valence-electron chi connectivity index (χ2n) is 3.19. The Morgan fingerprint density at radius 2 is 2.18 bits per heavy atom. The number of hydrogen-bond donors (Lipinski definition) is 2. The first-order chi connectivity index (χ1) is 8.04. The Labute approximate surface area is 97.2 Å². The zero-order valence-corrected chi connectivity index (χ0v) is 9.20. The monoisotopic (exact) mass is 241 g/mol. The minimum absolute atomic E-state index is 0.0990. The summed E-state index contributed by atoms with van der Waals surface area (Å²) in [6.45, 7) is 1.89. The molecule has 1 aromatic rings. The van der Waals surface area contributed by atoms with E-state index in [4.69, 9.17) is 9.84 Å². The zero-order chi connectivity index (χ0) is 12.8. The van der Waals surface area contributed by atoms with Crippen molar-refractivity contribution >= 4 is 17.6 Å². The summed E-state index contributed by atoms with van der Waals surface area (Å²) in [6.07, 6.45) is 0. The van der Waals surface area contributed by atoms with Gasteiger partial charge in [-0.3, -0.25) is 4.79 Å². The van der Waals surface area contributed by atoms with Gasteiger partial charge in [-0.2, -0.15) is 0 Å². The van der Waals surface area contributed by atoms with Crippen molar-refractivity contribution in [3.8, 4) is 0 Å². The molecular formula is C11H12FNO4. The van der Waals surface area contributed by atoms with Crippen LogP contribution in [0.2, 0.25) is 0 Å². The van der Waals surface area contributed by atoms with E-state index in [1.54, 1.807) is 6.92 Å². The zero-order valence-electron chi connectivity index (χ0n) is 9.20. The highest BCUT2D eigenvalue weighted by molar-refractivity contribution is 5.94. The van der Waals surface area contributed by atoms with E-state index < -0.39 is 17.7 Å². The van der Waals surface area contributed by atoms with Gasteiger partial charge in [0.1, 0.15) is 12.4 Å². The molecule has 0 unspecified atom stereocenters. The quantitative estimate of drug-likeness (QED) is 0.819. The lowest BCUT2D eigenvalue weighted by Gasteiger charge is -2.07. The number of ether oxygens (including phenoxy) is 1. The van der Waals surface area contributed by atoms with E-state index in [1.165, 1.54) is 0 Å². The lowest BCUT2D eigenvalue weighted by molar-refractivity contribution is -0.120. The van der Waals surface area contributed by atoms with E-state index in [0.29, 0.717) is 6.61 Å². The third-order valence-electron chi connectivity index (χ3n) is 1.92. The van der Waals surface area contributed by atoms with Gasteiger partial charge in [0.05, 0.1) is 11.3 Å². The topological polar surface area (TPSA) is 75.6 Å². The molecule has 0 atom stereocenters. The number of anilines is 1. The van der Waals surface area contributed by atoms with Gasteiger partial charge in [0.25, 0.3) is 0 Å². The number of hydrogen-bond acceptors (Lipinski definition) is 3. The largest absolute Gasteiger partial charge is 0.478 e. The van der Waals surface area contributed by atoms with Crippen LogP contribution < -0.4 is 5.32 Å². The Balaban J connectivity index is 2.79. The van der Waals surface area contributed by atoms with Crippen molar-refractivity contribution in [2.45, 2.75) is 6.92 Å². The number of carbonyl (C=O) groups is 2. The molecule has 0 saturated heterocycles. The first-order valence-electron chi connectivity index (χ1n) is 4.95. The van der Waals surface area contributed by atoms with Gasteiger partial charge in [-0.05, 0) is 25.1 Å². The molecule has 0 saturated carbocycles. The third-order valence-corrected chi connectivity index (χ3v) is 1.92. The lowest BCUT2D eigenvalue weighted by Crippen LogP contribution is -2.19. The second-order valence-corrected chi connectivity index (χ2v) is 3.19. The highest BCUT2D eigenvalue weighted by Gasteiger charge is 2.10. The van der Waals surface area contributed by atoms with Crippen molar-refractivity contribution in [2.24, 2.45) is 0 Å². The molecule has 6 heteroatoms. The minimum Gasteiger partial charge on any atom is -0.478 e. The Bertz CT molecular complexity index is 433. The van der Waals surface area contributed by atoms with Crippen molar-refractivity contribution in [3.63, 3.8) is 0 Å². The average molecular weight is 241 g/mol. The van der Waals surface area contributed by atoms with Crippen LogP contribution >= 0.6 is 0 Å². The summed E-state index contributed by atoms with van der Waals surface area (Å²) in [7, 11) is 0. The van der Waals surface area contributed by atoms with Gasteiger partial charge in [-0.15, -0.1) is 0 Å². The van der Waals surface area contributed by atoms with E-state index in [9.17, 15) is 14.0 Å². The number of aromatic carboxylic acids is 1. The van der Waals surface area contributed by atoms with Crippen molar-refractivity contribution in [2.75, 3.05) is 18.5 Å². The molecule has 0 fully saturated rings. The van der Waals surface area contributed by atoms with Crippen LogP contribution in [0.3, 0.4) is 0 Å². The van der Waals surface area contributed by atoms with Crippen LogP contribution in [0.4, 0.5) is 10.1 Å². The van der Waals surface area contributed by atoms with Crippen LogP contribution in [0.1, 0.15) is 17.3 Å². The van der Waals surface area contributed by atoms with Crippen LogP contribution in [-0.4, -0.2) is 30.2 Å². The van der Waals surface area contributed by atoms with E-state index in [-0.39, 0.29) is 17.9 Å². The molecule has 0 aliphatic rings. The van der Waals surface area contributed by atoms with Gasteiger partial charge in [0.2, 0.25) is 5.91 Å². The summed E-state index contributed by atoms with van der Waals surface area (Å²) in [5.41, 5.74) is -0.271. The number of carboxylic acids is 1. The summed E-state index contributed by atoms with van der Waals surface area (Å²) >= 11 is 0. The SMILES string of the molecule is CCOCC(=O)Nc1cc(C(=O)O)ccc1F. The summed E-state index contributed by atoms with van der Waals surface area (Å²) in [6, 6.07) is 3.16. The van der Waals surface area contributed by atoms with Crippen molar-refractivity contribution in [3.05, 3.63) is 29.6 Å². The Morgan fingerprint density at radius 3 is 2.76 bits per heavy atom. The highest BCUT2D eigenvalue weighted by atomic mass is 19.1. The molecule has 0 aliphatic carbocycles. The smallest absolute Gasteiger partial charge is 0.335 e. The summed E-state index contributed by atoms with van der Waals surface area (Å²) in [4.78, 5) is 21.9. The number of carbonyl (C=O) groups excluding carboxylic acids is 1. The molecule has 92 valence electrons. The Kier molecular flexibility index (Phi) is 4.59. The number of carboxylic acid groups (broad SMARTS) is 1. The number of amides is 1. The maximum absolute atomic E-state index is 13.3. The Morgan fingerprint density at radius 1 is 1.47 bits per heavy atom. The van der Waals surface area contributed by atoms with Crippen LogP contribution in [0.25, 0.3) is 0 Å². The Hall–Kier alpha value is -1.95. The van der Waals surface area contributed by atoms with Gasteiger partial charge in [0.15, 0.2) is 0 Å². The highest BCUT2D eigenvalue weighted by Crippen LogP contribution is 2.16. The molecule has 2 N–H and O–H groups in total. The third kappa shape index (κ3) is 3.84. The fourth-order valence-electron chi connectivity index (χ4n) is 1.14. The molecular weight excluding hydrogens is 229 g/mol. The standard InChI is InChI=1S/C11H12FNO4/c1-2-17-6-10(14)13-9-5-7(11(15)16)3-4-8(9)12/h3-5H,2,6H2,1H3,(H,13,14)(H,15,16). The predicted octanol–water partition coefficient (Wildman–Crippen LogP) is 1.50.